The van der Waals surface area contributed by atoms with Crippen molar-refractivity contribution in [3.8, 4) is 5.69 Å². The number of ketones is 1. The molecule has 0 atom stereocenters. The van der Waals surface area contributed by atoms with Crippen LogP contribution in [-0.2, 0) is 9.84 Å². The first-order chi connectivity index (χ1) is 12.3. The Morgan fingerprint density at radius 1 is 1.00 bits per heavy atom. The number of Topliss-reactive ketones (excluding diaryl/α,β-unsaturated/α-hetero) is 1. The fraction of sp³-hybridized carbons (Fsp3) is 0.0588. The van der Waals surface area contributed by atoms with Crippen LogP contribution in [0.3, 0.4) is 0 Å². The summed E-state index contributed by atoms with van der Waals surface area (Å²) in [5, 5.41) is 0.844. The summed E-state index contributed by atoms with van der Waals surface area (Å²) in [6.07, 6.45) is 1.35. The summed E-state index contributed by atoms with van der Waals surface area (Å²) in [4.78, 5) is 16.4. The molecule has 2 aromatic carbocycles. The Morgan fingerprint density at radius 2 is 1.69 bits per heavy atom. The standard InChI is InChI=1S/C17H11Cl3N2O3S/c18-11-4-6-13(7-5-11)22-10-21-16(17(22)20)15(23)9-26(24,25)14-3-1-2-12(19)8-14/h1-8,10H,9H2. The molecule has 0 fully saturated rings. The van der Waals surface area contributed by atoms with Crippen LogP contribution in [0.25, 0.3) is 5.69 Å². The van der Waals surface area contributed by atoms with Crippen LogP contribution >= 0.6 is 34.8 Å². The van der Waals surface area contributed by atoms with E-state index in [0.717, 1.165) is 0 Å². The molecule has 0 saturated carbocycles. The zero-order valence-electron chi connectivity index (χ0n) is 13.1. The first-order valence-corrected chi connectivity index (χ1v) is 10.1. The van der Waals surface area contributed by atoms with Gasteiger partial charge in [0.05, 0.1) is 4.90 Å². The number of carbonyl (C=O) groups excluding carboxylic acids is 1. The van der Waals surface area contributed by atoms with Crippen LogP contribution in [0, 0.1) is 0 Å². The first kappa shape index (κ1) is 18.9. The molecule has 0 aliphatic carbocycles. The molecule has 0 unspecified atom stereocenters. The summed E-state index contributed by atoms with van der Waals surface area (Å²) >= 11 is 17.9. The zero-order valence-corrected chi connectivity index (χ0v) is 16.1. The molecule has 3 aromatic rings. The Morgan fingerprint density at radius 3 is 2.35 bits per heavy atom. The molecule has 134 valence electrons. The molecule has 1 aromatic heterocycles. The highest BCUT2D eigenvalue weighted by molar-refractivity contribution is 7.92. The number of sulfone groups is 1. The summed E-state index contributed by atoms with van der Waals surface area (Å²) in [6, 6.07) is 12.5. The van der Waals surface area contributed by atoms with E-state index in [0.29, 0.717) is 10.7 Å². The second-order valence-corrected chi connectivity index (χ2v) is 8.59. The van der Waals surface area contributed by atoms with E-state index in [-0.39, 0.29) is 20.8 Å². The largest absolute Gasteiger partial charge is 0.291 e. The number of carbonyl (C=O) groups is 1. The smallest absolute Gasteiger partial charge is 0.199 e. The SMILES string of the molecule is O=C(CS(=O)(=O)c1cccc(Cl)c1)c1ncn(-c2ccc(Cl)cc2)c1Cl. The van der Waals surface area contributed by atoms with Crippen LogP contribution in [0.15, 0.2) is 59.8 Å². The van der Waals surface area contributed by atoms with Gasteiger partial charge in [-0.3, -0.25) is 9.36 Å². The number of rotatable bonds is 5. The van der Waals surface area contributed by atoms with E-state index in [9.17, 15) is 13.2 Å². The van der Waals surface area contributed by atoms with E-state index in [1.165, 1.54) is 29.1 Å². The molecule has 0 amide bonds. The Kier molecular flexibility index (Phi) is 5.39. The van der Waals surface area contributed by atoms with E-state index in [2.05, 4.69) is 4.98 Å². The fourth-order valence-corrected chi connectivity index (χ4v) is 4.20. The molecule has 3 rings (SSSR count). The van der Waals surface area contributed by atoms with Crippen molar-refractivity contribution in [3.63, 3.8) is 0 Å². The van der Waals surface area contributed by atoms with Crippen molar-refractivity contribution in [1.82, 2.24) is 9.55 Å². The van der Waals surface area contributed by atoms with Crippen molar-refractivity contribution in [2.24, 2.45) is 0 Å². The van der Waals surface area contributed by atoms with Crippen molar-refractivity contribution in [2.45, 2.75) is 4.90 Å². The fourth-order valence-electron chi connectivity index (χ4n) is 2.29. The van der Waals surface area contributed by atoms with Gasteiger partial charge in [0.1, 0.15) is 22.9 Å². The number of hydrogen-bond donors (Lipinski definition) is 0. The maximum absolute atomic E-state index is 12.4. The number of aromatic nitrogens is 2. The number of benzene rings is 2. The number of imidazole rings is 1. The molecule has 0 aliphatic rings. The molecular formula is C17H11Cl3N2O3S. The number of hydrogen-bond acceptors (Lipinski definition) is 4. The lowest BCUT2D eigenvalue weighted by Gasteiger charge is -2.05. The van der Waals surface area contributed by atoms with E-state index >= 15 is 0 Å². The molecule has 0 N–H and O–H groups in total. The molecular weight excluding hydrogens is 419 g/mol. The van der Waals surface area contributed by atoms with Gasteiger partial charge in [-0.1, -0.05) is 40.9 Å². The van der Waals surface area contributed by atoms with Gasteiger partial charge in [-0.05, 0) is 42.5 Å². The molecule has 0 saturated heterocycles. The van der Waals surface area contributed by atoms with Gasteiger partial charge in [0, 0.05) is 15.7 Å². The minimum atomic E-state index is -3.87. The Balaban J connectivity index is 1.88. The average Bonchev–Trinajstić information content (AvgIpc) is 2.97. The van der Waals surface area contributed by atoms with Crippen molar-refractivity contribution >= 4 is 50.4 Å². The lowest BCUT2D eigenvalue weighted by molar-refractivity contribution is 0.101. The van der Waals surface area contributed by atoms with Crippen LogP contribution in [0.2, 0.25) is 15.2 Å². The van der Waals surface area contributed by atoms with Crippen molar-refractivity contribution < 1.29 is 13.2 Å². The van der Waals surface area contributed by atoms with E-state index in [4.69, 9.17) is 34.8 Å². The van der Waals surface area contributed by atoms with E-state index < -0.39 is 21.4 Å². The summed E-state index contributed by atoms with van der Waals surface area (Å²) in [5.74, 6) is -1.47. The van der Waals surface area contributed by atoms with Gasteiger partial charge < -0.3 is 0 Å². The monoisotopic (exact) mass is 428 g/mol. The first-order valence-electron chi connectivity index (χ1n) is 7.28. The van der Waals surface area contributed by atoms with Crippen LogP contribution in [0.4, 0.5) is 0 Å². The number of nitrogens with zero attached hydrogens (tertiary/aromatic N) is 2. The quantitative estimate of drug-likeness (QED) is 0.560. The van der Waals surface area contributed by atoms with Crippen LogP contribution < -0.4 is 0 Å². The molecule has 26 heavy (non-hydrogen) atoms. The van der Waals surface area contributed by atoms with Crippen LogP contribution in [0.1, 0.15) is 10.5 Å². The molecule has 0 spiro atoms. The zero-order chi connectivity index (χ0) is 18.9. The Labute approximate surface area is 165 Å². The molecule has 5 nitrogen and oxygen atoms in total. The lowest BCUT2D eigenvalue weighted by Crippen LogP contribution is -2.17. The maximum atomic E-state index is 12.4. The summed E-state index contributed by atoms with van der Waals surface area (Å²) in [6.45, 7) is 0. The van der Waals surface area contributed by atoms with E-state index in [1.54, 1.807) is 30.3 Å². The molecule has 1 heterocycles. The Bertz CT molecular complexity index is 1080. The maximum Gasteiger partial charge on any atom is 0.199 e. The predicted octanol–water partition coefficient (Wildman–Crippen LogP) is 4.49. The summed E-state index contributed by atoms with van der Waals surface area (Å²) < 4.78 is 26.3. The second-order valence-electron chi connectivity index (χ2n) is 5.37. The third-order valence-corrected chi connectivity index (χ3v) is 6.02. The number of halogens is 3. The summed E-state index contributed by atoms with van der Waals surface area (Å²) in [5.41, 5.74) is 0.524. The van der Waals surface area contributed by atoms with Gasteiger partial charge in [-0.15, -0.1) is 0 Å². The average molecular weight is 430 g/mol. The highest BCUT2D eigenvalue weighted by Gasteiger charge is 2.25. The van der Waals surface area contributed by atoms with Gasteiger partial charge in [0.2, 0.25) is 0 Å². The topological polar surface area (TPSA) is 69.0 Å². The third-order valence-electron chi connectivity index (χ3n) is 3.55. The van der Waals surface area contributed by atoms with E-state index in [1.807, 2.05) is 0 Å². The lowest BCUT2D eigenvalue weighted by atomic mass is 10.3. The van der Waals surface area contributed by atoms with Gasteiger partial charge >= 0.3 is 0 Å². The molecule has 0 radical (unpaired) electrons. The van der Waals surface area contributed by atoms with Gasteiger partial charge in [0.15, 0.2) is 15.6 Å². The molecule has 0 aliphatic heterocycles. The van der Waals surface area contributed by atoms with Crippen LogP contribution in [0.5, 0.6) is 0 Å². The van der Waals surface area contributed by atoms with Gasteiger partial charge in [-0.25, -0.2) is 13.4 Å². The predicted molar refractivity (Wildman–Crippen MR) is 101 cm³/mol. The highest BCUT2D eigenvalue weighted by atomic mass is 35.5. The van der Waals surface area contributed by atoms with Crippen LogP contribution in [-0.4, -0.2) is 29.5 Å². The van der Waals surface area contributed by atoms with Crippen molar-refractivity contribution in [2.75, 3.05) is 5.75 Å². The minimum Gasteiger partial charge on any atom is -0.291 e. The van der Waals surface area contributed by atoms with Crippen molar-refractivity contribution in [3.05, 3.63) is 75.8 Å². The van der Waals surface area contributed by atoms with Gasteiger partial charge in [0.25, 0.3) is 0 Å². The second kappa shape index (κ2) is 7.40. The minimum absolute atomic E-state index is 0.0265. The highest BCUT2D eigenvalue weighted by Crippen LogP contribution is 2.23. The third kappa shape index (κ3) is 3.94. The summed E-state index contributed by atoms with van der Waals surface area (Å²) in [7, 11) is -3.87. The normalized spacial score (nSPS) is 11.5. The van der Waals surface area contributed by atoms with Gasteiger partial charge in [-0.2, -0.15) is 0 Å². The molecule has 0 bridgehead atoms. The molecule has 9 heteroatoms. The van der Waals surface area contributed by atoms with Crippen molar-refractivity contribution in [1.29, 1.82) is 0 Å². The Hall–Kier alpha value is -1.86.